The van der Waals surface area contributed by atoms with Crippen molar-refractivity contribution in [1.29, 1.82) is 0 Å². The topological polar surface area (TPSA) is 76.6 Å². The zero-order chi connectivity index (χ0) is 17.4. The number of benzene rings is 2. The van der Waals surface area contributed by atoms with Crippen molar-refractivity contribution >= 4 is 17.0 Å². The predicted octanol–water partition coefficient (Wildman–Crippen LogP) is 3.79. The summed E-state index contributed by atoms with van der Waals surface area (Å²) in [5.41, 5.74) is 5.09. The first-order valence-electron chi connectivity index (χ1n) is 8.45. The van der Waals surface area contributed by atoms with Crippen LogP contribution in [0.5, 0.6) is 0 Å². The van der Waals surface area contributed by atoms with Crippen LogP contribution in [0.1, 0.15) is 23.5 Å². The van der Waals surface area contributed by atoms with E-state index in [-0.39, 0.29) is 12.5 Å². The van der Waals surface area contributed by atoms with E-state index in [1.54, 1.807) is 0 Å². The third-order valence-corrected chi connectivity index (χ3v) is 5.08. The number of rotatable bonds is 3. The Morgan fingerprint density at radius 1 is 1.20 bits per heavy atom. The molecule has 0 bridgehead atoms. The number of aromatic nitrogens is 1. The average Bonchev–Trinajstić information content (AvgIpc) is 3.28. The molecule has 3 aromatic rings. The molecule has 2 aromatic carbocycles. The highest BCUT2D eigenvalue weighted by Crippen LogP contribution is 2.36. The number of aliphatic hydroxyl groups is 1. The van der Waals surface area contributed by atoms with E-state index in [0.29, 0.717) is 13.1 Å². The van der Waals surface area contributed by atoms with E-state index < -0.39 is 6.09 Å². The Morgan fingerprint density at radius 3 is 2.68 bits per heavy atom. The highest BCUT2D eigenvalue weighted by Gasteiger charge is 2.29. The predicted molar refractivity (Wildman–Crippen MR) is 96.6 cm³/mol. The summed E-state index contributed by atoms with van der Waals surface area (Å²) in [7, 11) is 0. The number of aromatic amines is 1. The first kappa shape index (κ1) is 15.7. The second-order valence-electron chi connectivity index (χ2n) is 6.54. The zero-order valence-electron chi connectivity index (χ0n) is 13.8. The number of carbonyl (C=O) groups is 1. The van der Waals surface area contributed by atoms with Crippen molar-refractivity contribution in [1.82, 2.24) is 9.88 Å². The molecule has 3 N–H and O–H groups in total. The van der Waals surface area contributed by atoms with Crippen LogP contribution in [0.4, 0.5) is 4.79 Å². The fraction of sp³-hybridized carbons (Fsp3) is 0.250. The van der Waals surface area contributed by atoms with Gasteiger partial charge in [0.15, 0.2) is 0 Å². The maximum atomic E-state index is 11.2. The second kappa shape index (κ2) is 6.26. The summed E-state index contributed by atoms with van der Waals surface area (Å²) in [6.45, 7) is 1.05. The highest BCUT2D eigenvalue weighted by molar-refractivity contribution is 5.91. The number of fused-ring (bicyclic) bond motifs is 1. The Labute approximate surface area is 145 Å². The largest absolute Gasteiger partial charge is 0.465 e. The van der Waals surface area contributed by atoms with Crippen LogP contribution in [-0.4, -0.2) is 39.3 Å². The first-order valence-corrected chi connectivity index (χ1v) is 8.45. The lowest BCUT2D eigenvalue weighted by Crippen LogP contribution is -2.26. The summed E-state index contributed by atoms with van der Waals surface area (Å²) in [5.74, 6) is 0.183. The monoisotopic (exact) mass is 336 g/mol. The van der Waals surface area contributed by atoms with Crippen LogP contribution < -0.4 is 0 Å². The molecular formula is C20H20N2O3. The van der Waals surface area contributed by atoms with E-state index in [1.165, 1.54) is 4.90 Å². The molecule has 0 aliphatic carbocycles. The zero-order valence-corrected chi connectivity index (χ0v) is 13.8. The summed E-state index contributed by atoms with van der Waals surface area (Å²) in [4.78, 5) is 16.0. The van der Waals surface area contributed by atoms with Crippen LogP contribution in [0.25, 0.3) is 22.0 Å². The summed E-state index contributed by atoms with van der Waals surface area (Å²) in [5, 5.41) is 20.1. The van der Waals surface area contributed by atoms with Gasteiger partial charge in [0.05, 0.1) is 12.1 Å². The van der Waals surface area contributed by atoms with Crippen molar-refractivity contribution in [2.45, 2.75) is 18.9 Å². The number of nitrogens with one attached hydrogen (secondary N) is 1. The molecule has 1 aliphatic rings. The van der Waals surface area contributed by atoms with E-state index in [0.717, 1.165) is 39.6 Å². The molecule has 5 nitrogen and oxygen atoms in total. The van der Waals surface area contributed by atoms with Crippen molar-refractivity contribution in [2.75, 3.05) is 13.1 Å². The maximum Gasteiger partial charge on any atom is 0.407 e. The van der Waals surface area contributed by atoms with E-state index in [2.05, 4.69) is 23.2 Å². The molecule has 1 aromatic heterocycles. The summed E-state index contributed by atoms with van der Waals surface area (Å²) < 4.78 is 0. The van der Waals surface area contributed by atoms with Gasteiger partial charge in [-0.1, -0.05) is 30.3 Å². The summed E-state index contributed by atoms with van der Waals surface area (Å²) in [6.07, 6.45) is 1.93. The Morgan fingerprint density at radius 2 is 2.00 bits per heavy atom. The van der Waals surface area contributed by atoms with Gasteiger partial charge in [-0.25, -0.2) is 4.79 Å². The van der Waals surface area contributed by atoms with Gasteiger partial charge in [0.25, 0.3) is 0 Å². The minimum absolute atomic E-state index is 0.0386. The van der Waals surface area contributed by atoms with E-state index in [1.807, 2.05) is 30.5 Å². The smallest absolute Gasteiger partial charge is 0.407 e. The molecule has 0 radical (unpaired) electrons. The van der Waals surface area contributed by atoms with Crippen LogP contribution in [-0.2, 0) is 6.61 Å². The van der Waals surface area contributed by atoms with E-state index >= 15 is 0 Å². The molecule has 1 fully saturated rings. The van der Waals surface area contributed by atoms with Gasteiger partial charge in [0.1, 0.15) is 0 Å². The Kier molecular flexibility index (Phi) is 3.93. The standard InChI is InChI=1S/C20H20N2O3/c23-12-16-8-15(13-4-2-1-3-5-13)9-17-18(10-21-19(16)17)14-6-7-22(11-14)20(24)25/h1-5,8-10,14,21,23H,6-7,11-12H2,(H,24,25). The molecule has 128 valence electrons. The quantitative estimate of drug-likeness (QED) is 0.681. The lowest BCUT2D eigenvalue weighted by Gasteiger charge is -2.13. The molecule has 0 saturated carbocycles. The average molecular weight is 336 g/mol. The number of H-pyrrole nitrogens is 1. The van der Waals surface area contributed by atoms with E-state index in [4.69, 9.17) is 0 Å². The third-order valence-electron chi connectivity index (χ3n) is 5.08. The number of aliphatic hydroxyl groups excluding tert-OH is 1. The molecule has 25 heavy (non-hydrogen) atoms. The van der Waals surface area contributed by atoms with Gasteiger partial charge in [-0.2, -0.15) is 0 Å². The number of hydrogen-bond acceptors (Lipinski definition) is 2. The molecule has 1 atom stereocenters. The van der Waals surface area contributed by atoms with Crippen LogP contribution in [0.3, 0.4) is 0 Å². The maximum absolute atomic E-state index is 11.2. The Balaban J connectivity index is 1.80. The van der Waals surface area contributed by atoms with Crippen molar-refractivity contribution < 1.29 is 15.0 Å². The van der Waals surface area contributed by atoms with Gasteiger partial charge < -0.3 is 20.1 Å². The van der Waals surface area contributed by atoms with Gasteiger partial charge in [-0.05, 0) is 35.2 Å². The van der Waals surface area contributed by atoms with Gasteiger partial charge in [-0.15, -0.1) is 0 Å². The number of carboxylic acid groups (broad SMARTS) is 1. The molecule has 4 rings (SSSR count). The molecule has 0 spiro atoms. The SMILES string of the molecule is O=C(O)N1CCC(c2c[nH]c3c(CO)cc(-c4ccccc4)cc23)C1. The number of nitrogens with zero attached hydrogens (tertiary/aromatic N) is 1. The lowest BCUT2D eigenvalue weighted by atomic mass is 9.94. The van der Waals surface area contributed by atoms with Crippen LogP contribution in [0, 0.1) is 0 Å². The number of amides is 1. The first-order chi connectivity index (χ1) is 12.2. The minimum atomic E-state index is -0.858. The molecule has 5 heteroatoms. The molecule has 1 unspecified atom stereocenters. The lowest BCUT2D eigenvalue weighted by molar-refractivity contribution is 0.155. The third kappa shape index (κ3) is 2.76. The van der Waals surface area contributed by atoms with Crippen molar-refractivity contribution in [3.8, 4) is 11.1 Å². The molecule has 1 amide bonds. The van der Waals surface area contributed by atoms with Gasteiger partial charge in [-0.3, -0.25) is 0 Å². The van der Waals surface area contributed by atoms with Crippen molar-refractivity contribution in [2.24, 2.45) is 0 Å². The Hall–Kier alpha value is -2.79. The number of hydrogen-bond donors (Lipinski definition) is 3. The minimum Gasteiger partial charge on any atom is -0.465 e. The van der Waals surface area contributed by atoms with Gasteiger partial charge in [0.2, 0.25) is 0 Å². The van der Waals surface area contributed by atoms with Crippen LogP contribution in [0.2, 0.25) is 0 Å². The van der Waals surface area contributed by atoms with Gasteiger partial charge >= 0.3 is 6.09 Å². The number of likely N-dealkylation sites (tertiary alicyclic amines) is 1. The Bertz CT molecular complexity index is 917. The molecule has 1 saturated heterocycles. The fourth-order valence-electron chi connectivity index (χ4n) is 3.78. The van der Waals surface area contributed by atoms with Crippen LogP contribution in [0.15, 0.2) is 48.7 Å². The molecule has 1 aliphatic heterocycles. The molecule has 2 heterocycles. The fourth-order valence-corrected chi connectivity index (χ4v) is 3.78. The summed E-state index contributed by atoms with van der Waals surface area (Å²) in [6, 6.07) is 14.2. The molecular weight excluding hydrogens is 316 g/mol. The van der Waals surface area contributed by atoms with Crippen molar-refractivity contribution in [3.05, 3.63) is 59.8 Å². The van der Waals surface area contributed by atoms with Crippen LogP contribution >= 0.6 is 0 Å². The normalized spacial score (nSPS) is 17.3. The van der Waals surface area contributed by atoms with Gasteiger partial charge in [0, 0.05) is 36.2 Å². The summed E-state index contributed by atoms with van der Waals surface area (Å²) >= 11 is 0. The highest BCUT2D eigenvalue weighted by atomic mass is 16.4. The second-order valence-corrected chi connectivity index (χ2v) is 6.54. The van der Waals surface area contributed by atoms with E-state index in [9.17, 15) is 15.0 Å². The van der Waals surface area contributed by atoms with Crippen molar-refractivity contribution in [3.63, 3.8) is 0 Å².